The molecule has 1 fully saturated rings. The Morgan fingerprint density at radius 1 is 1.33 bits per heavy atom. The van der Waals surface area contributed by atoms with Gasteiger partial charge in [0, 0.05) is 13.5 Å². The minimum absolute atomic E-state index is 0.0551. The predicted octanol–water partition coefficient (Wildman–Crippen LogP) is 1.52. The smallest absolute Gasteiger partial charge is 0.0809 e. The van der Waals surface area contributed by atoms with E-state index in [0.717, 1.165) is 25.8 Å². The molecule has 0 N–H and O–H groups in total. The molecule has 2 unspecified atom stereocenters. The Hall–Kier alpha value is -0.120. The van der Waals surface area contributed by atoms with Crippen LogP contribution in [-0.4, -0.2) is 37.5 Å². The van der Waals surface area contributed by atoms with Crippen LogP contribution in [0.4, 0.5) is 0 Å². The van der Waals surface area contributed by atoms with Gasteiger partial charge in [-0.25, -0.2) is 0 Å². The average molecular weight is 173 g/mol. The summed E-state index contributed by atoms with van der Waals surface area (Å²) in [4.78, 5) is 0. The molecule has 72 valence electrons. The van der Waals surface area contributed by atoms with Crippen molar-refractivity contribution in [2.24, 2.45) is 0 Å². The number of rotatable bonds is 1. The summed E-state index contributed by atoms with van der Waals surface area (Å²) >= 11 is 0. The summed E-state index contributed by atoms with van der Waals surface area (Å²) in [5.41, 5.74) is -0.0551. The van der Waals surface area contributed by atoms with Crippen molar-refractivity contribution < 1.29 is 9.38 Å². The van der Waals surface area contributed by atoms with Gasteiger partial charge >= 0.3 is 0 Å². The molecule has 1 aliphatic rings. The number of hydrogen-bond donors (Lipinski definition) is 0. The fourth-order valence-electron chi connectivity index (χ4n) is 1.70. The lowest BCUT2D eigenvalue weighted by molar-refractivity contribution is -0.860. The van der Waals surface area contributed by atoms with Crippen molar-refractivity contribution >= 4 is 0 Å². The molecule has 0 aromatic heterocycles. The minimum atomic E-state index is -0.0983. The fraction of sp³-hybridized carbons (Fsp3) is 1.00. The summed E-state index contributed by atoms with van der Waals surface area (Å²) in [5.74, 6) is 0. The summed E-state index contributed by atoms with van der Waals surface area (Å²) in [6.07, 6.45) is 2.87. The Labute approximate surface area is 74.5 Å². The van der Waals surface area contributed by atoms with E-state index in [-0.39, 0.29) is 10.2 Å². The molecule has 0 amide bonds. The van der Waals surface area contributed by atoms with Crippen LogP contribution >= 0.6 is 0 Å². The molecule has 0 spiro atoms. The van der Waals surface area contributed by atoms with Crippen molar-refractivity contribution in [1.29, 1.82) is 0 Å². The number of likely N-dealkylation sites (tertiary alicyclic amines) is 1. The van der Waals surface area contributed by atoms with Crippen LogP contribution in [0.1, 0.15) is 26.2 Å². The van der Waals surface area contributed by atoms with E-state index in [0.29, 0.717) is 6.54 Å². The van der Waals surface area contributed by atoms with E-state index < -0.39 is 0 Å². The fourth-order valence-corrected chi connectivity index (χ4v) is 1.70. The predicted molar refractivity (Wildman–Crippen MR) is 48.6 cm³/mol. The first-order chi connectivity index (χ1) is 5.47. The maximum Gasteiger partial charge on any atom is 0.0809 e. The molecule has 1 heterocycles. The Bertz CT molecular complexity index is 159. The lowest BCUT2D eigenvalue weighted by atomic mass is 9.97. The second-order valence-electron chi connectivity index (χ2n) is 4.25. The van der Waals surface area contributed by atoms with E-state index in [4.69, 9.17) is 4.74 Å². The third kappa shape index (κ3) is 2.44. The highest BCUT2D eigenvalue weighted by atomic mass is 16.5. The monoisotopic (exact) mass is 173 g/mol. The van der Waals surface area contributed by atoms with Crippen molar-refractivity contribution in [3.05, 3.63) is 5.21 Å². The van der Waals surface area contributed by atoms with Crippen molar-refractivity contribution in [2.45, 2.75) is 31.8 Å². The zero-order valence-electron chi connectivity index (χ0n) is 8.30. The summed E-state index contributed by atoms with van der Waals surface area (Å²) < 4.78 is 5.30. The van der Waals surface area contributed by atoms with E-state index in [1.54, 1.807) is 14.2 Å². The third-order valence-corrected chi connectivity index (χ3v) is 2.94. The number of hydrogen-bond acceptors (Lipinski definition) is 2. The van der Waals surface area contributed by atoms with Crippen LogP contribution in [0.3, 0.4) is 0 Å². The topological polar surface area (TPSA) is 32.3 Å². The second kappa shape index (κ2) is 3.32. The SMILES string of the molecule is COC1(C)CCC[N+](C)([O-])CC1. The molecule has 0 radical (unpaired) electrons. The van der Waals surface area contributed by atoms with Gasteiger partial charge in [-0.2, -0.15) is 0 Å². The molecular formula is C9H19NO2. The molecule has 0 aromatic carbocycles. The molecule has 2 atom stereocenters. The van der Waals surface area contributed by atoms with Crippen molar-refractivity contribution in [3.8, 4) is 0 Å². The van der Waals surface area contributed by atoms with E-state index in [1.165, 1.54) is 0 Å². The number of ether oxygens (including phenoxy) is 1. The first-order valence-electron chi connectivity index (χ1n) is 4.58. The number of methoxy groups -OCH3 is 1. The van der Waals surface area contributed by atoms with Gasteiger partial charge < -0.3 is 14.6 Å². The summed E-state index contributed by atoms with van der Waals surface area (Å²) in [6, 6.07) is 0. The molecule has 1 rings (SSSR count). The van der Waals surface area contributed by atoms with Crippen LogP contribution in [0.15, 0.2) is 0 Å². The number of nitrogens with zero attached hydrogens (tertiary/aromatic N) is 1. The van der Waals surface area contributed by atoms with Crippen LogP contribution in [0.25, 0.3) is 0 Å². The zero-order valence-corrected chi connectivity index (χ0v) is 8.30. The van der Waals surface area contributed by atoms with Gasteiger partial charge in [0.05, 0.1) is 25.7 Å². The average Bonchev–Trinajstić information content (AvgIpc) is 2.13. The van der Waals surface area contributed by atoms with Crippen molar-refractivity contribution in [2.75, 3.05) is 27.2 Å². The van der Waals surface area contributed by atoms with E-state index in [9.17, 15) is 5.21 Å². The quantitative estimate of drug-likeness (QED) is 0.445. The normalized spacial score (nSPS) is 44.0. The molecular weight excluding hydrogens is 154 g/mol. The van der Waals surface area contributed by atoms with E-state index >= 15 is 0 Å². The Balaban J connectivity index is 2.56. The minimum Gasteiger partial charge on any atom is -0.633 e. The van der Waals surface area contributed by atoms with Gasteiger partial charge in [-0.15, -0.1) is 0 Å². The second-order valence-corrected chi connectivity index (χ2v) is 4.25. The highest BCUT2D eigenvalue weighted by Gasteiger charge is 2.30. The van der Waals surface area contributed by atoms with Crippen LogP contribution in [0.5, 0.6) is 0 Å². The Kier molecular flexibility index (Phi) is 2.76. The van der Waals surface area contributed by atoms with Gasteiger partial charge in [-0.1, -0.05) is 0 Å². The Morgan fingerprint density at radius 2 is 2.00 bits per heavy atom. The lowest BCUT2D eigenvalue weighted by Crippen LogP contribution is -2.39. The van der Waals surface area contributed by atoms with Gasteiger partial charge in [0.2, 0.25) is 0 Å². The lowest BCUT2D eigenvalue weighted by Gasteiger charge is -2.38. The number of hydroxylamine groups is 3. The van der Waals surface area contributed by atoms with Gasteiger partial charge in [0.15, 0.2) is 0 Å². The van der Waals surface area contributed by atoms with Gasteiger partial charge in [0.1, 0.15) is 0 Å². The molecule has 3 nitrogen and oxygen atoms in total. The summed E-state index contributed by atoms with van der Waals surface area (Å²) in [6.45, 7) is 3.52. The maximum atomic E-state index is 11.6. The standard InChI is InChI=1S/C9H19NO2/c1-9(12-3)5-4-7-10(2,11)8-6-9/h4-8H2,1-3H3. The largest absolute Gasteiger partial charge is 0.633 e. The van der Waals surface area contributed by atoms with Gasteiger partial charge in [-0.05, 0) is 19.8 Å². The molecule has 0 aliphatic carbocycles. The van der Waals surface area contributed by atoms with Gasteiger partial charge in [-0.3, -0.25) is 0 Å². The molecule has 0 saturated carbocycles. The molecule has 0 aromatic rings. The molecule has 3 heteroatoms. The highest BCUT2D eigenvalue weighted by molar-refractivity contribution is 4.76. The molecule has 1 saturated heterocycles. The van der Waals surface area contributed by atoms with E-state index in [1.807, 2.05) is 0 Å². The highest BCUT2D eigenvalue weighted by Crippen LogP contribution is 2.26. The Morgan fingerprint density at radius 3 is 2.58 bits per heavy atom. The molecule has 1 aliphatic heterocycles. The van der Waals surface area contributed by atoms with Crippen LogP contribution in [-0.2, 0) is 4.74 Å². The van der Waals surface area contributed by atoms with E-state index in [2.05, 4.69) is 6.92 Å². The van der Waals surface area contributed by atoms with Gasteiger partial charge in [0.25, 0.3) is 0 Å². The first-order valence-corrected chi connectivity index (χ1v) is 4.58. The van der Waals surface area contributed by atoms with Crippen molar-refractivity contribution in [3.63, 3.8) is 0 Å². The summed E-state index contributed by atoms with van der Waals surface area (Å²) in [5, 5.41) is 11.6. The maximum absolute atomic E-state index is 11.6. The van der Waals surface area contributed by atoms with Crippen molar-refractivity contribution in [1.82, 2.24) is 0 Å². The zero-order chi connectivity index (χ0) is 9.24. The molecule has 0 bridgehead atoms. The van der Waals surface area contributed by atoms with Crippen LogP contribution < -0.4 is 0 Å². The third-order valence-electron chi connectivity index (χ3n) is 2.94. The molecule has 12 heavy (non-hydrogen) atoms. The summed E-state index contributed by atoms with van der Waals surface area (Å²) in [7, 11) is 3.49. The first kappa shape index (κ1) is 9.96. The number of quaternary nitrogens is 1. The van der Waals surface area contributed by atoms with Crippen LogP contribution in [0, 0.1) is 5.21 Å². The van der Waals surface area contributed by atoms with Crippen LogP contribution in [0.2, 0.25) is 0 Å².